The highest BCUT2D eigenvalue weighted by atomic mass is 16.5. The van der Waals surface area contributed by atoms with Crippen LogP contribution in [0.3, 0.4) is 0 Å². The molecule has 0 amide bonds. The zero-order chi connectivity index (χ0) is 18.1. The highest BCUT2D eigenvalue weighted by Crippen LogP contribution is 2.48. The standard InChI is InChI=1S/C25H19NO/c1-2-10-18(11-3-1)26-22-15-7-4-12-19(22)25-20-13-5-8-16-23(20)27-24-17-9-6-14-21(24)25/h1-17,25-26H. The van der Waals surface area contributed by atoms with Crippen molar-refractivity contribution in [3.63, 3.8) is 0 Å². The first-order chi connectivity index (χ1) is 13.4. The zero-order valence-corrected chi connectivity index (χ0v) is 14.8. The molecule has 0 unspecified atom stereocenters. The van der Waals surface area contributed by atoms with Gasteiger partial charge in [-0.3, -0.25) is 0 Å². The summed E-state index contributed by atoms with van der Waals surface area (Å²) < 4.78 is 6.17. The number of anilines is 2. The molecule has 1 heterocycles. The van der Waals surface area contributed by atoms with E-state index < -0.39 is 0 Å². The quantitative estimate of drug-likeness (QED) is 0.390. The Morgan fingerprint density at radius 1 is 0.519 bits per heavy atom. The van der Waals surface area contributed by atoms with Crippen molar-refractivity contribution in [1.82, 2.24) is 0 Å². The van der Waals surface area contributed by atoms with E-state index in [9.17, 15) is 0 Å². The van der Waals surface area contributed by atoms with E-state index in [-0.39, 0.29) is 5.92 Å². The first-order valence-electron chi connectivity index (χ1n) is 9.17. The van der Waals surface area contributed by atoms with Gasteiger partial charge in [0.25, 0.3) is 0 Å². The zero-order valence-electron chi connectivity index (χ0n) is 14.8. The predicted octanol–water partition coefficient (Wildman–Crippen LogP) is 6.72. The molecule has 1 aliphatic heterocycles. The van der Waals surface area contributed by atoms with Gasteiger partial charge in [-0.15, -0.1) is 0 Å². The summed E-state index contributed by atoms with van der Waals surface area (Å²) in [6.07, 6.45) is 0. The Kier molecular flexibility index (Phi) is 3.87. The van der Waals surface area contributed by atoms with Gasteiger partial charge >= 0.3 is 0 Å². The van der Waals surface area contributed by atoms with Crippen molar-refractivity contribution in [3.8, 4) is 11.5 Å². The van der Waals surface area contributed by atoms with Gasteiger partial charge in [0.05, 0.1) is 0 Å². The summed E-state index contributed by atoms with van der Waals surface area (Å²) in [5.74, 6) is 1.98. The highest BCUT2D eigenvalue weighted by Gasteiger charge is 2.29. The van der Waals surface area contributed by atoms with Crippen LogP contribution >= 0.6 is 0 Å². The molecule has 0 spiro atoms. The highest BCUT2D eigenvalue weighted by molar-refractivity contribution is 5.69. The van der Waals surface area contributed by atoms with Crippen molar-refractivity contribution >= 4 is 11.4 Å². The Morgan fingerprint density at radius 2 is 1.04 bits per heavy atom. The minimum Gasteiger partial charge on any atom is -0.457 e. The fourth-order valence-corrected chi connectivity index (χ4v) is 3.78. The van der Waals surface area contributed by atoms with E-state index >= 15 is 0 Å². The topological polar surface area (TPSA) is 21.3 Å². The van der Waals surface area contributed by atoms with Gasteiger partial charge in [0.2, 0.25) is 0 Å². The SMILES string of the molecule is c1ccc(Nc2ccccc2C2c3ccccc3Oc3ccccc32)cc1. The van der Waals surface area contributed by atoms with Crippen LogP contribution in [0.5, 0.6) is 11.5 Å². The average molecular weight is 349 g/mol. The maximum absolute atomic E-state index is 6.17. The summed E-state index contributed by atoms with van der Waals surface area (Å²) in [6.45, 7) is 0. The van der Waals surface area contributed by atoms with Crippen molar-refractivity contribution < 1.29 is 4.74 Å². The van der Waals surface area contributed by atoms with E-state index in [0.717, 1.165) is 22.9 Å². The molecule has 0 saturated carbocycles. The molecular weight excluding hydrogens is 330 g/mol. The van der Waals surface area contributed by atoms with Gasteiger partial charge in [-0.2, -0.15) is 0 Å². The van der Waals surface area contributed by atoms with E-state index in [0.29, 0.717) is 0 Å². The second kappa shape index (κ2) is 6.65. The molecule has 130 valence electrons. The van der Waals surface area contributed by atoms with Crippen molar-refractivity contribution in [2.24, 2.45) is 0 Å². The predicted molar refractivity (Wildman–Crippen MR) is 110 cm³/mol. The maximum Gasteiger partial charge on any atom is 0.131 e. The van der Waals surface area contributed by atoms with E-state index in [2.05, 4.69) is 66.0 Å². The van der Waals surface area contributed by atoms with Crippen LogP contribution in [0.25, 0.3) is 0 Å². The molecule has 0 atom stereocenters. The van der Waals surface area contributed by atoms with Crippen LogP contribution in [0.15, 0.2) is 103 Å². The van der Waals surface area contributed by atoms with Gasteiger partial charge in [-0.1, -0.05) is 72.8 Å². The van der Waals surface area contributed by atoms with Crippen molar-refractivity contribution in [2.45, 2.75) is 5.92 Å². The molecule has 5 rings (SSSR count). The van der Waals surface area contributed by atoms with Crippen molar-refractivity contribution in [2.75, 3.05) is 5.32 Å². The fourth-order valence-electron chi connectivity index (χ4n) is 3.78. The first kappa shape index (κ1) is 15.7. The van der Waals surface area contributed by atoms with Crippen molar-refractivity contribution in [3.05, 3.63) is 120 Å². The van der Waals surface area contributed by atoms with Crippen LogP contribution in [-0.4, -0.2) is 0 Å². The average Bonchev–Trinajstić information content (AvgIpc) is 2.73. The number of fused-ring (bicyclic) bond motifs is 2. The number of para-hydroxylation sites is 4. The fraction of sp³-hybridized carbons (Fsp3) is 0.0400. The minimum absolute atomic E-state index is 0.124. The van der Waals surface area contributed by atoms with Gasteiger partial charge < -0.3 is 10.1 Å². The monoisotopic (exact) mass is 349 g/mol. The molecular formula is C25H19NO. The molecule has 1 aliphatic rings. The summed E-state index contributed by atoms with van der Waals surface area (Å²) in [5, 5.41) is 3.59. The maximum atomic E-state index is 6.17. The number of nitrogens with one attached hydrogen (secondary N) is 1. The second-order valence-corrected chi connectivity index (χ2v) is 6.69. The summed E-state index contributed by atoms with van der Waals surface area (Å²) >= 11 is 0. The molecule has 0 radical (unpaired) electrons. The number of rotatable bonds is 3. The third-order valence-electron chi connectivity index (χ3n) is 5.00. The van der Waals surface area contributed by atoms with Gasteiger partial charge in [-0.25, -0.2) is 0 Å². The largest absolute Gasteiger partial charge is 0.457 e. The first-order valence-corrected chi connectivity index (χ1v) is 9.17. The lowest BCUT2D eigenvalue weighted by atomic mass is 9.82. The van der Waals surface area contributed by atoms with Crippen LogP contribution in [-0.2, 0) is 0 Å². The van der Waals surface area contributed by atoms with Crippen LogP contribution in [0.4, 0.5) is 11.4 Å². The summed E-state index contributed by atoms with van der Waals surface area (Å²) in [6, 6.07) is 35.4. The lowest BCUT2D eigenvalue weighted by molar-refractivity contribution is 0.453. The van der Waals surface area contributed by atoms with E-state index in [4.69, 9.17) is 4.74 Å². The molecule has 27 heavy (non-hydrogen) atoms. The lowest BCUT2D eigenvalue weighted by Gasteiger charge is -2.30. The van der Waals surface area contributed by atoms with Gasteiger partial charge in [0.15, 0.2) is 0 Å². The Hall–Kier alpha value is -3.52. The number of benzene rings is 4. The van der Waals surface area contributed by atoms with Crippen LogP contribution < -0.4 is 10.1 Å². The van der Waals surface area contributed by atoms with Gasteiger partial charge in [0.1, 0.15) is 11.5 Å². The third-order valence-corrected chi connectivity index (χ3v) is 5.00. The molecule has 4 aromatic rings. The normalized spacial score (nSPS) is 12.6. The minimum atomic E-state index is 0.124. The third kappa shape index (κ3) is 2.85. The van der Waals surface area contributed by atoms with E-state index in [1.54, 1.807) is 0 Å². The number of hydrogen-bond donors (Lipinski definition) is 1. The lowest BCUT2D eigenvalue weighted by Crippen LogP contribution is -2.12. The Balaban J connectivity index is 1.67. The number of ether oxygens (including phenoxy) is 1. The van der Waals surface area contributed by atoms with E-state index in [1.165, 1.54) is 16.7 Å². The molecule has 2 heteroatoms. The van der Waals surface area contributed by atoms with Crippen LogP contribution in [0, 0.1) is 0 Å². The van der Waals surface area contributed by atoms with Gasteiger partial charge in [0, 0.05) is 28.4 Å². The molecule has 0 saturated heterocycles. The molecule has 2 nitrogen and oxygen atoms in total. The molecule has 0 fully saturated rings. The molecule has 4 aromatic carbocycles. The summed E-state index contributed by atoms with van der Waals surface area (Å²) in [5.41, 5.74) is 5.82. The van der Waals surface area contributed by atoms with Gasteiger partial charge in [-0.05, 0) is 35.9 Å². The number of hydrogen-bond acceptors (Lipinski definition) is 2. The smallest absolute Gasteiger partial charge is 0.131 e. The molecule has 0 aliphatic carbocycles. The Bertz CT molecular complexity index is 1040. The Morgan fingerprint density at radius 3 is 1.70 bits per heavy atom. The molecule has 0 aromatic heterocycles. The second-order valence-electron chi connectivity index (χ2n) is 6.69. The Labute approximate surface area is 159 Å². The van der Waals surface area contributed by atoms with Crippen molar-refractivity contribution in [1.29, 1.82) is 0 Å². The summed E-state index contributed by atoms with van der Waals surface area (Å²) in [7, 11) is 0. The summed E-state index contributed by atoms with van der Waals surface area (Å²) in [4.78, 5) is 0. The molecule has 0 bridgehead atoms. The van der Waals surface area contributed by atoms with Crippen LogP contribution in [0.1, 0.15) is 22.6 Å². The van der Waals surface area contributed by atoms with E-state index in [1.807, 2.05) is 42.5 Å². The van der Waals surface area contributed by atoms with Crippen LogP contribution in [0.2, 0.25) is 0 Å². The molecule has 1 N–H and O–H groups in total.